The highest BCUT2D eigenvalue weighted by Gasteiger charge is 2.15. The second-order valence-electron chi connectivity index (χ2n) is 5.49. The molecule has 3 aromatic rings. The number of ether oxygens (including phenoxy) is 1. The molecule has 0 heterocycles. The fourth-order valence-electron chi connectivity index (χ4n) is 2.31. The van der Waals surface area contributed by atoms with Gasteiger partial charge in [-0.1, -0.05) is 48.5 Å². The maximum Gasteiger partial charge on any atom is 0.311 e. The van der Waals surface area contributed by atoms with Crippen LogP contribution < -0.4 is 10.2 Å². The van der Waals surface area contributed by atoms with E-state index in [-0.39, 0.29) is 18.0 Å². The zero-order chi connectivity index (χ0) is 18.2. The topological polar surface area (TPSA) is 76.8 Å². The summed E-state index contributed by atoms with van der Waals surface area (Å²) >= 11 is 0. The van der Waals surface area contributed by atoms with Crippen LogP contribution in [0, 0.1) is 10.1 Å². The van der Waals surface area contributed by atoms with Gasteiger partial charge in [0.05, 0.1) is 16.8 Å². The van der Waals surface area contributed by atoms with Gasteiger partial charge >= 0.3 is 5.69 Å². The molecule has 26 heavy (non-hydrogen) atoms. The second-order valence-corrected chi connectivity index (χ2v) is 5.49. The summed E-state index contributed by atoms with van der Waals surface area (Å²) in [4.78, 5) is 10.9. The highest BCUT2D eigenvalue weighted by atomic mass is 16.6. The lowest BCUT2D eigenvalue weighted by molar-refractivity contribution is -0.385. The number of nitro groups is 1. The van der Waals surface area contributed by atoms with E-state index in [0.717, 1.165) is 11.3 Å². The Morgan fingerprint density at radius 2 is 1.69 bits per heavy atom. The number of benzene rings is 3. The van der Waals surface area contributed by atoms with Gasteiger partial charge in [0.15, 0.2) is 5.75 Å². The van der Waals surface area contributed by atoms with E-state index in [1.807, 2.05) is 60.7 Å². The number of anilines is 1. The number of nitrogens with zero attached hydrogens (tertiary/aromatic N) is 2. The van der Waals surface area contributed by atoms with Crippen LogP contribution in [0.25, 0.3) is 0 Å². The number of rotatable bonds is 7. The van der Waals surface area contributed by atoms with Gasteiger partial charge in [-0.3, -0.25) is 15.5 Å². The summed E-state index contributed by atoms with van der Waals surface area (Å²) in [6.45, 7) is 0.269. The van der Waals surface area contributed by atoms with Crippen molar-refractivity contribution in [2.75, 3.05) is 5.43 Å². The molecule has 0 bridgehead atoms. The van der Waals surface area contributed by atoms with Crippen LogP contribution in [-0.4, -0.2) is 11.1 Å². The number of hydrazone groups is 1. The zero-order valence-corrected chi connectivity index (χ0v) is 13.9. The smallest absolute Gasteiger partial charge is 0.311 e. The molecule has 0 saturated carbocycles. The molecule has 3 rings (SSSR count). The van der Waals surface area contributed by atoms with Gasteiger partial charge in [0, 0.05) is 11.6 Å². The first-order chi connectivity index (χ1) is 12.7. The first-order valence-corrected chi connectivity index (χ1v) is 8.01. The Balaban J connectivity index is 1.71. The van der Waals surface area contributed by atoms with Crippen molar-refractivity contribution in [1.29, 1.82) is 0 Å². The summed E-state index contributed by atoms with van der Waals surface area (Å²) in [5.74, 6) is 0.229. The Labute approximate surface area is 150 Å². The van der Waals surface area contributed by atoms with Gasteiger partial charge < -0.3 is 4.74 Å². The summed E-state index contributed by atoms with van der Waals surface area (Å²) in [5.41, 5.74) is 5.16. The molecule has 6 nitrogen and oxygen atoms in total. The van der Waals surface area contributed by atoms with Crippen molar-refractivity contribution in [3.8, 4) is 5.75 Å². The summed E-state index contributed by atoms with van der Waals surface area (Å²) < 4.78 is 5.61. The second kappa shape index (κ2) is 8.43. The van der Waals surface area contributed by atoms with Crippen molar-refractivity contribution in [3.63, 3.8) is 0 Å². The van der Waals surface area contributed by atoms with E-state index < -0.39 is 4.92 Å². The molecule has 0 atom stereocenters. The van der Waals surface area contributed by atoms with Crippen LogP contribution in [-0.2, 0) is 6.61 Å². The summed E-state index contributed by atoms with van der Waals surface area (Å²) in [6, 6.07) is 23.7. The molecule has 3 aromatic carbocycles. The number of nitrogens with one attached hydrogen (secondary N) is 1. The molecule has 6 heteroatoms. The molecule has 0 amide bonds. The van der Waals surface area contributed by atoms with Gasteiger partial charge in [0.2, 0.25) is 0 Å². The average molecular weight is 347 g/mol. The molecule has 0 aliphatic carbocycles. The first-order valence-electron chi connectivity index (χ1n) is 8.01. The van der Waals surface area contributed by atoms with Crippen LogP contribution in [0.5, 0.6) is 5.75 Å². The minimum atomic E-state index is -0.456. The highest BCUT2D eigenvalue weighted by molar-refractivity contribution is 5.82. The largest absolute Gasteiger partial charge is 0.482 e. The van der Waals surface area contributed by atoms with E-state index in [4.69, 9.17) is 4.74 Å². The molecule has 0 aliphatic heterocycles. The van der Waals surface area contributed by atoms with Gasteiger partial charge in [0.1, 0.15) is 6.61 Å². The van der Waals surface area contributed by atoms with Gasteiger partial charge in [-0.05, 0) is 29.8 Å². The minimum Gasteiger partial charge on any atom is -0.482 e. The van der Waals surface area contributed by atoms with E-state index in [1.54, 1.807) is 12.1 Å². The maximum atomic E-state index is 11.3. The van der Waals surface area contributed by atoms with Crippen LogP contribution >= 0.6 is 0 Å². The van der Waals surface area contributed by atoms with Crippen LogP contribution in [0.1, 0.15) is 11.1 Å². The lowest BCUT2D eigenvalue weighted by Gasteiger charge is -2.07. The standard InChI is InChI=1S/C20H17N3O3/c24-23(25)19-13-17(14-21-22-18-9-5-2-6-10-18)11-12-20(19)26-15-16-7-3-1-4-8-16/h1-14,22H,15H2. The summed E-state index contributed by atoms with van der Waals surface area (Å²) in [6.07, 6.45) is 1.53. The Morgan fingerprint density at radius 3 is 2.38 bits per heavy atom. The highest BCUT2D eigenvalue weighted by Crippen LogP contribution is 2.28. The van der Waals surface area contributed by atoms with Crippen LogP contribution in [0.3, 0.4) is 0 Å². The number of hydrogen-bond acceptors (Lipinski definition) is 5. The van der Waals surface area contributed by atoms with Gasteiger partial charge in [-0.25, -0.2) is 0 Å². The van der Waals surface area contributed by atoms with Crippen molar-refractivity contribution in [1.82, 2.24) is 0 Å². The van der Waals surface area contributed by atoms with Crippen molar-refractivity contribution < 1.29 is 9.66 Å². The zero-order valence-electron chi connectivity index (χ0n) is 13.9. The van der Waals surface area contributed by atoms with Crippen LogP contribution in [0.15, 0.2) is 84.0 Å². The van der Waals surface area contributed by atoms with Crippen LogP contribution in [0.4, 0.5) is 11.4 Å². The summed E-state index contributed by atoms with van der Waals surface area (Å²) in [5, 5.41) is 15.4. The monoisotopic (exact) mass is 347 g/mol. The third kappa shape index (κ3) is 4.67. The Hall–Kier alpha value is -3.67. The third-order valence-corrected chi connectivity index (χ3v) is 3.60. The summed E-state index contributed by atoms with van der Waals surface area (Å²) in [7, 11) is 0. The van der Waals surface area contributed by atoms with E-state index >= 15 is 0 Å². The van der Waals surface area contributed by atoms with Crippen molar-refractivity contribution >= 4 is 17.6 Å². The lowest BCUT2D eigenvalue weighted by Crippen LogP contribution is -2.00. The van der Waals surface area contributed by atoms with Gasteiger partial charge in [-0.2, -0.15) is 5.10 Å². The van der Waals surface area contributed by atoms with Crippen molar-refractivity contribution in [2.45, 2.75) is 6.61 Å². The quantitative estimate of drug-likeness (QED) is 0.384. The molecule has 0 saturated heterocycles. The van der Waals surface area contributed by atoms with Gasteiger partial charge in [-0.15, -0.1) is 0 Å². The Morgan fingerprint density at radius 1 is 1.00 bits per heavy atom. The fraction of sp³-hybridized carbons (Fsp3) is 0.0500. The first kappa shape index (κ1) is 17.2. The molecular formula is C20H17N3O3. The number of nitro benzene ring substituents is 1. The van der Waals surface area contributed by atoms with E-state index in [2.05, 4.69) is 10.5 Å². The molecule has 130 valence electrons. The predicted molar refractivity (Wildman–Crippen MR) is 102 cm³/mol. The number of hydrogen-bond donors (Lipinski definition) is 1. The maximum absolute atomic E-state index is 11.3. The van der Waals surface area contributed by atoms with E-state index in [9.17, 15) is 10.1 Å². The fourth-order valence-corrected chi connectivity index (χ4v) is 2.31. The van der Waals surface area contributed by atoms with Gasteiger partial charge in [0.25, 0.3) is 0 Å². The lowest BCUT2D eigenvalue weighted by atomic mass is 10.2. The minimum absolute atomic E-state index is 0.0930. The predicted octanol–water partition coefficient (Wildman–Crippen LogP) is 4.62. The van der Waals surface area contributed by atoms with Crippen molar-refractivity contribution in [3.05, 3.63) is 100 Å². The molecule has 0 aliphatic rings. The third-order valence-electron chi connectivity index (χ3n) is 3.60. The SMILES string of the molecule is O=[N+]([O-])c1cc(C=NNc2ccccc2)ccc1OCc1ccccc1. The molecule has 0 aromatic heterocycles. The Kier molecular flexibility index (Phi) is 5.57. The molecule has 0 fully saturated rings. The van der Waals surface area contributed by atoms with Crippen LogP contribution in [0.2, 0.25) is 0 Å². The Bertz CT molecular complexity index is 897. The molecule has 0 radical (unpaired) electrons. The molecular weight excluding hydrogens is 330 g/mol. The van der Waals surface area contributed by atoms with E-state index in [1.165, 1.54) is 12.3 Å². The molecule has 0 spiro atoms. The normalized spacial score (nSPS) is 10.6. The van der Waals surface area contributed by atoms with Crippen molar-refractivity contribution in [2.24, 2.45) is 5.10 Å². The van der Waals surface area contributed by atoms with E-state index in [0.29, 0.717) is 5.56 Å². The number of para-hydroxylation sites is 1. The molecule has 1 N–H and O–H groups in total. The average Bonchev–Trinajstić information content (AvgIpc) is 2.68. The molecule has 0 unspecified atom stereocenters.